The second-order valence-corrected chi connectivity index (χ2v) is 6.11. The SMILES string of the molecule is CC(C)(C)c1ccc2c(c1)CC(CC(=O)O)C2. The Kier molecular flexibility index (Phi) is 2.98. The highest BCUT2D eigenvalue weighted by Crippen LogP contribution is 2.32. The number of benzene rings is 1. The van der Waals surface area contributed by atoms with E-state index in [-0.39, 0.29) is 11.3 Å². The van der Waals surface area contributed by atoms with Crippen LogP contribution in [0.3, 0.4) is 0 Å². The highest BCUT2D eigenvalue weighted by molar-refractivity contribution is 5.67. The first kappa shape index (κ1) is 12.2. The Bertz CT molecular complexity index is 441. The van der Waals surface area contributed by atoms with E-state index in [1.807, 2.05) is 0 Å². The Morgan fingerprint density at radius 3 is 2.53 bits per heavy atom. The average molecular weight is 232 g/mol. The molecule has 1 aromatic carbocycles. The zero-order valence-corrected chi connectivity index (χ0v) is 10.8. The number of hydrogen-bond acceptors (Lipinski definition) is 1. The van der Waals surface area contributed by atoms with E-state index in [4.69, 9.17) is 5.11 Å². The molecule has 17 heavy (non-hydrogen) atoms. The fourth-order valence-electron chi connectivity index (χ4n) is 2.57. The van der Waals surface area contributed by atoms with Crippen LogP contribution in [0, 0.1) is 5.92 Å². The molecule has 0 amide bonds. The minimum atomic E-state index is -0.682. The van der Waals surface area contributed by atoms with Gasteiger partial charge in [-0.05, 0) is 40.9 Å². The van der Waals surface area contributed by atoms with Crippen LogP contribution in [0.15, 0.2) is 18.2 Å². The van der Waals surface area contributed by atoms with Crippen LogP contribution in [-0.4, -0.2) is 11.1 Å². The summed E-state index contributed by atoms with van der Waals surface area (Å²) in [6, 6.07) is 6.62. The third kappa shape index (κ3) is 2.68. The molecule has 0 aromatic heterocycles. The summed E-state index contributed by atoms with van der Waals surface area (Å²) in [5.74, 6) is -0.392. The lowest BCUT2D eigenvalue weighted by Crippen LogP contribution is -2.11. The van der Waals surface area contributed by atoms with Gasteiger partial charge in [-0.25, -0.2) is 0 Å². The van der Waals surface area contributed by atoms with Crippen molar-refractivity contribution < 1.29 is 9.90 Å². The lowest BCUT2D eigenvalue weighted by molar-refractivity contribution is -0.138. The Hall–Kier alpha value is -1.31. The fraction of sp³-hybridized carbons (Fsp3) is 0.533. The van der Waals surface area contributed by atoms with Crippen LogP contribution < -0.4 is 0 Å². The van der Waals surface area contributed by atoms with Gasteiger partial charge in [0.2, 0.25) is 0 Å². The van der Waals surface area contributed by atoms with Gasteiger partial charge >= 0.3 is 5.97 Å². The fourth-order valence-corrected chi connectivity index (χ4v) is 2.57. The molecule has 0 aliphatic heterocycles. The molecule has 1 unspecified atom stereocenters. The molecule has 2 nitrogen and oxygen atoms in total. The molecule has 1 aliphatic carbocycles. The molecule has 92 valence electrons. The van der Waals surface area contributed by atoms with E-state index in [0.29, 0.717) is 6.42 Å². The van der Waals surface area contributed by atoms with E-state index >= 15 is 0 Å². The van der Waals surface area contributed by atoms with Crippen LogP contribution in [0.5, 0.6) is 0 Å². The van der Waals surface area contributed by atoms with Gasteiger partial charge in [0, 0.05) is 6.42 Å². The molecule has 1 N–H and O–H groups in total. The van der Waals surface area contributed by atoms with E-state index in [2.05, 4.69) is 39.0 Å². The molecular weight excluding hydrogens is 212 g/mol. The largest absolute Gasteiger partial charge is 0.481 e. The van der Waals surface area contributed by atoms with Crippen molar-refractivity contribution in [1.29, 1.82) is 0 Å². The first-order chi connectivity index (χ1) is 7.86. The maximum atomic E-state index is 10.7. The molecule has 2 heteroatoms. The highest BCUT2D eigenvalue weighted by Gasteiger charge is 2.25. The molecule has 0 spiro atoms. The Labute approximate surface area is 103 Å². The molecule has 0 saturated heterocycles. The van der Waals surface area contributed by atoms with Crippen molar-refractivity contribution in [2.45, 2.75) is 45.4 Å². The third-order valence-electron chi connectivity index (χ3n) is 3.55. The van der Waals surface area contributed by atoms with E-state index in [1.165, 1.54) is 16.7 Å². The zero-order chi connectivity index (χ0) is 12.6. The predicted octanol–water partition coefficient (Wildman–Crippen LogP) is 3.17. The molecule has 0 bridgehead atoms. The van der Waals surface area contributed by atoms with Crippen molar-refractivity contribution in [2.24, 2.45) is 5.92 Å². The summed E-state index contributed by atoms with van der Waals surface area (Å²) in [5, 5.41) is 8.84. The molecule has 0 heterocycles. The molecule has 1 atom stereocenters. The second kappa shape index (κ2) is 4.17. The lowest BCUT2D eigenvalue weighted by Gasteiger charge is -2.19. The Morgan fingerprint density at radius 1 is 1.29 bits per heavy atom. The summed E-state index contributed by atoms with van der Waals surface area (Å²) in [7, 11) is 0. The minimum absolute atomic E-state index is 0.167. The van der Waals surface area contributed by atoms with Crippen LogP contribution in [0.2, 0.25) is 0 Å². The summed E-state index contributed by atoms with van der Waals surface area (Å²) in [6.45, 7) is 6.62. The molecule has 1 aliphatic rings. The van der Waals surface area contributed by atoms with Gasteiger partial charge in [-0.15, -0.1) is 0 Å². The Balaban J connectivity index is 2.19. The van der Waals surface area contributed by atoms with Crippen molar-refractivity contribution in [3.05, 3.63) is 34.9 Å². The van der Waals surface area contributed by atoms with Gasteiger partial charge in [0.1, 0.15) is 0 Å². The topological polar surface area (TPSA) is 37.3 Å². The monoisotopic (exact) mass is 232 g/mol. The van der Waals surface area contributed by atoms with Crippen molar-refractivity contribution in [3.8, 4) is 0 Å². The number of rotatable bonds is 2. The molecule has 0 radical (unpaired) electrons. The van der Waals surface area contributed by atoms with Crippen LogP contribution >= 0.6 is 0 Å². The van der Waals surface area contributed by atoms with E-state index in [1.54, 1.807) is 0 Å². The summed E-state index contributed by atoms with van der Waals surface area (Å²) >= 11 is 0. The van der Waals surface area contributed by atoms with Crippen molar-refractivity contribution in [1.82, 2.24) is 0 Å². The van der Waals surface area contributed by atoms with Gasteiger partial charge in [0.15, 0.2) is 0 Å². The maximum Gasteiger partial charge on any atom is 0.303 e. The summed E-state index contributed by atoms with van der Waals surface area (Å²) in [6.07, 6.45) is 2.14. The molecule has 1 aromatic rings. The molecule has 0 fully saturated rings. The first-order valence-corrected chi connectivity index (χ1v) is 6.20. The number of carbonyl (C=O) groups is 1. The van der Waals surface area contributed by atoms with Gasteiger partial charge in [0.05, 0.1) is 0 Å². The second-order valence-electron chi connectivity index (χ2n) is 6.11. The van der Waals surface area contributed by atoms with Crippen LogP contribution in [-0.2, 0) is 23.1 Å². The molecular formula is C15H20O2. The average Bonchev–Trinajstić information content (AvgIpc) is 2.55. The Morgan fingerprint density at radius 2 is 1.94 bits per heavy atom. The van der Waals surface area contributed by atoms with Crippen molar-refractivity contribution in [2.75, 3.05) is 0 Å². The third-order valence-corrected chi connectivity index (χ3v) is 3.55. The van der Waals surface area contributed by atoms with Gasteiger partial charge in [-0.2, -0.15) is 0 Å². The zero-order valence-electron chi connectivity index (χ0n) is 10.8. The minimum Gasteiger partial charge on any atom is -0.481 e. The van der Waals surface area contributed by atoms with E-state index in [0.717, 1.165) is 12.8 Å². The number of hydrogen-bond donors (Lipinski definition) is 1. The summed E-state index contributed by atoms with van der Waals surface area (Å²) in [4.78, 5) is 10.7. The summed E-state index contributed by atoms with van der Waals surface area (Å²) < 4.78 is 0. The van der Waals surface area contributed by atoms with Crippen molar-refractivity contribution >= 4 is 5.97 Å². The lowest BCUT2D eigenvalue weighted by atomic mass is 9.85. The highest BCUT2D eigenvalue weighted by atomic mass is 16.4. The van der Waals surface area contributed by atoms with Crippen LogP contribution in [0.25, 0.3) is 0 Å². The number of carboxylic acid groups (broad SMARTS) is 1. The smallest absolute Gasteiger partial charge is 0.303 e. The van der Waals surface area contributed by atoms with Crippen molar-refractivity contribution in [3.63, 3.8) is 0 Å². The van der Waals surface area contributed by atoms with Crippen LogP contribution in [0.4, 0.5) is 0 Å². The molecule has 2 rings (SSSR count). The quantitative estimate of drug-likeness (QED) is 0.850. The number of aliphatic carboxylic acids is 1. The van der Waals surface area contributed by atoms with Gasteiger partial charge in [-0.3, -0.25) is 4.79 Å². The number of carboxylic acids is 1. The maximum absolute atomic E-state index is 10.7. The predicted molar refractivity (Wildman–Crippen MR) is 68.3 cm³/mol. The van der Waals surface area contributed by atoms with Gasteiger partial charge < -0.3 is 5.11 Å². The molecule has 0 saturated carbocycles. The normalized spacial score (nSPS) is 19.1. The summed E-state index contributed by atoms with van der Waals surface area (Å²) in [5.41, 5.74) is 4.19. The first-order valence-electron chi connectivity index (χ1n) is 6.20. The van der Waals surface area contributed by atoms with E-state index in [9.17, 15) is 4.79 Å². The van der Waals surface area contributed by atoms with E-state index < -0.39 is 5.97 Å². The van der Waals surface area contributed by atoms with Gasteiger partial charge in [0.25, 0.3) is 0 Å². The number of fused-ring (bicyclic) bond motifs is 1. The van der Waals surface area contributed by atoms with Crippen LogP contribution in [0.1, 0.15) is 43.9 Å². The van der Waals surface area contributed by atoms with Gasteiger partial charge in [-0.1, -0.05) is 39.0 Å². The standard InChI is InChI=1S/C15H20O2/c1-15(2,3)13-5-4-11-6-10(8-14(16)17)7-12(11)9-13/h4-5,9-10H,6-8H2,1-3H3,(H,16,17).